The number of rotatable bonds is 4. The average molecular weight is 284 g/mol. The predicted molar refractivity (Wildman–Crippen MR) is 82.5 cm³/mol. The lowest BCUT2D eigenvalue weighted by atomic mass is 9.75. The number of thioether (sulfide) groups is 1. The third-order valence-corrected chi connectivity index (χ3v) is 6.23. The summed E-state index contributed by atoms with van der Waals surface area (Å²) in [6.45, 7) is 6.18. The van der Waals surface area contributed by atoms with Crippen molar-refractivity contribution in [1.82, 2.24) is 10.6 Å². The molecule has 1 saturated carbocycles. The van der Waals surface area contributed by atoms with Crippen LogP contribution < -0.4 is 10.6 Å². The van der Waals surface area contributed by atoms with Gasteiger partial charge < -0.3 is 10.6 Å². The van der Waals surface area contributed by atoms with Crippen LogP contribution in [-0.2, 0) is 4.79 Å². The lowest BCUT2D eigenvalue weighted by Crippen LogP contribution is -2.50. The zero-order valence-electron chi connectivity index (χ0n) is 12.5. The zero-order chi connectivity index (χ0) is 13.9. The standard InChI is InChI=1S/C15H28N2OS/c1-11(2)15(8-9-16-10-15)14(18)17-12-4-6-13(19-3)7-5-12/h11-13,16H,4-10H2,1-3H3,(H,17,18). The zero-order valence-corrected chi connectivity index (χ0v) is 13.3. The van der Waals surface area contributed by atoms with Crippen molar-refractivity contribution in [3.05, 3.63) is 0 Å². The van der Waals surface area contributed by atoms with Crippen LogP contribution >= 0.6 is 11.8 Å². The van der Waals surface area contributed by atoms with Gasteiger partial charge in [0.2, 0.25) is 5.91 Å². The fourth-order valence-corrected chi connectivity index (χ4v) is 4.18. The molecule has 0 spiro atoms. The van der Waals surface area contributed by atoms with Crippen LogP contribution in [0.2, 0.25) is 0 Å². The molecule has 0 aromatic carbocycles. The number of carbonyl (C=O) groups excluding carboxylic acids is 1. The third-order valence-electron chi connectivity index (χ3n) is 5.09. The van der Waals surface area contributed by atoms with E-state index in [1.807, 2.05) is 11.8 Å². The summed E-state index contributed by atoms with van der Waals surface area (Å²) in [6.07, 6.45) is 7.98. The van der Waals surface area contributed by atoms with Gasteiger partial charge >= 0.3 is 0 Å². The summed E-state index contributed by atoms with van der Waals surface area (Å²) >= 11 is 1.97. The highest BCUT2D eigenvalue weighted by Gasteiger charge is 2.44. The first-order chi connectivity index (χ1) is 9.08. The molecule has 19 heavy (non-hydrogen) atoms. The maximum Gasteiger partial charge on any atom is 0.228 e. The van der Waals surface area contributed by atoms with Gasteiger partial charge in [0.05, 0.1) is 5.41 Å². The van der Waals surface area contributed by atoms with Crippen LogP contribution in [0.25, 0.3) is 0 Å². The molecule has 1 atom stereocenters. The molecule has 0 bridgehead atoms. The SMILES string of the molecule is CSC1CCC(NC(=O)C2(C(C)C)CCNC2)CC1. The molecule has 4 heteroatoms. The van der Waals surface area contributed by atoms with Crippen molar-refractivity contribution in [3.8, 4) is 0 Å². The van der Waals surface area contributed by atoms with Gasteiger partial charge in [0.15, 0.2) is 0 Å². The van der Waals surface area contributed by atoms with E-state index in [2.05, 4.69) is 30.7 Å². The monoisotopic (exact) mass is 284 g/mol. The van der Waals surface area contributed by atoms with Crippen molar-refractivity contribution in [2.45, 2.75) is 57.2 Å². The minimum atomic E-state index is -0.170. The van der Waals surface area contributed by atoms with Crippen LogP contribution in [0.5, 0.6) is 0 Å². The number of nitrogens with one attached hydrogen (secondary N) is 2. The lowest BCUT2D eigenvalue weighted by molar-refractivity contribution is -0.133. The first-order valence-corrected chi connectivity index (χ1v) is 8.92. The Balaban J connectivity index is 1.90. The van der Waals surface area contributed by atoms with E-state index in [1.54, 1.807) is 0 Å². The largest absolute Gasteiger partial charge is 0.353 e. The summed E-state index contributed by atoms with van der Waals surface area (Å²) < 4.78 is 0. The molecular formula is C15H28N2OS. The van der Waals surface area contributed by atoms with Gasteiger partial charge in [-0.15, -0.1) is 0 Å². The van der Waals surface area contributed by atoms with Gasteiger partial charge in [-0.05, 0) is 50.8 Å². The van der Waals surface area contributed by atoms with Crippen molar-refractivity contribution < 1.29 is 4.79 Å². The molecule has 1 unspecified atom stereocenters. The van der Waals surface area contributed by atoms with Gasteiger partial charge in [0.1, 0.15) is 0 Å². The molecule has 2 fully saturated rings. The van der Waals surface area contributed by atoms with Gasteiger partial charge in [-0.2, -0.15) is 11.8 Å². The van der Waals surface area contributed by atoms with Gasteiger partial charge in [-0.1, -0.05) is 13.8 Å². The Morgan fingerprint density at radius 1 is 1.32 bits per heavy atom. The minimum absolute atomic E-state index is 0.170. The fourth-order valence-electron chi connectivity index (χ4n) is 3.43. The maximum atomic E-state index is 12.7. The molecular weight excluding hydrogens is 256 g/mol. The van der Waals surface area contributed by atoms with E-state index in [4.69, 9.17) is 0 Å². The van der Waals surface area contributed by atoms with Crippen molar-refractivity contribution in [1.29, 1.82) is 0 Å². The summed E-state index contributed by atoms with van der Waals surface area (Å²) in [5, 5.41) is 7.51. The van der Waals surface area contributed by atoms with Crippen molar-refractivity contribution >= 4 is 17.7 Å². The Hall–Kier alpha value is -0.220. The Bertz CT molecular complexity index is 305. The van der Waals surface area contributed by atoms with Crippen LogP contribution in [-0.4, -0.2) is 36.5 Å². The highest BCUT2D eigenvalue weighted by Crippen LogP contribution is 2.35. The number of hydrogen-bond acceptors (Lipinski definition) is 3. The highest BCUT2D eigenvalue weighted by atomic mass is 32.2. The Labute approximate surface area is 121 Å². The first kappa shape index (κ1) is 15.2. The second-order valence-corrected chi connectivity index (χ2v) is 7.56. The van der Waals surface area contributed by atoms with Gasteiger partial charge in [-0.3, -0.25) is 4.79 Å². The van der Waals surface area contributed by atoms with Crippen molar-refractivity contribution in [2.24, 2.45) is 11.3 Å². The van der Waals surface area contributed by atoms with Crippen LogP contribution in [0.15, 0.2) is 0 Å². The normalized spacial score (nSPS) is 35.6. The van der Waals surface area contributed by atoms with Crippen molar-refractivity contribution in [3.63, 3.8) is 0 Å². The fraction of sp³-hybridized carbons (Fsp3) is 0.933. The van der Waals surface area contributed by atoms with Crippen LogP contribution in [0.3, 0.4) is 0 Å². The van der Waals surface area contributed by atoms with E-state index in [0.717, 1.165) is 37.6 Å². The summed E-state index contributed by atoms with van der Waals surface area (Å²) in [4.78, 5) is 12.7. The van der Waals surface area contributed by atoms with Crippen molar-refractivity contribution in [2.75, 3.05) is 19.3 Å². The Kier molecular flexibility index (Phi) is 5.18. The molecule has 1 saturated heterocycles. The predicted octanol–water partition coefficient (Wildman–Crippen LogP) is 2.41. The second-order valence-electron chi connectivity index (χ2n) is 6.42. The first-order valence-electron chi connectivity index (χ1n) is 7.63. The summed E-state index contributed by atoms with van der Waals surface area (Å²) in [7, 11) is 0. The van der Waals surface area contributed by atoms with E-state index in [9.17, 15) is 4.79 Å². The van der Waals surface area contributed by atoms with Gasteiger partial charge in [0.25, 0.3) is 0 Å². The second kappa shape index (κ2) is 6.49. The molecule has 3 nitrogen and oxygen atoms in total. The van der Waals surface area contributed by atoms with Crippen LogP contribution in [0, 0.1) is 11.3 Å². The molecule has 0 aromatic heterocycles. The molecule has 110 valence electrons. The maximum absolute atomic E-state index is 12.7. The quantitative estimate of drug-likeness (QED) is 0.833. The average Bonchev–Trinajstić information content (AvgIpc) is 2.90. The third kappa shape index (κ3) is 3.27. The Morgan fingerprint density at radius 3 is 2.47 bits per heavy atom. The molecule has 2 rings (SSSR count). The topological polar surface area (TPSA) is 41.1 Å². The van der Waals surface area contributed by atoms with Crippen LogP contribution in [0.1, 0.15) is 46.0 Å². The highest BCUT2D eigenvalue weighted by molar-refractivity contribution is 7.99. The van der Waals surface area contributed by atoms with E-state index in [1.165, 1.54) is 12.8 Å². The summed E-state index contributed by atoms with van der Waals surface area (Å²) in [5.41, 5.74) is -0.170. The lowest BCUT2D eigenvalue weighted by Gasteiger charge is -2.35. The molecule has 0 radical (unpaired) electrons. The van der Waals surface area contributed by atoms with Crippen LogP contribution in [0.4, 0.5) is 0 Å². The molecule has 0 aromatic rings. The molecule has 1 aliphatic carbocycles. The summed E-state index contributed by atoms with van der Waals surface area (Å²) in [5.74, 6) is 0.699. The van der Waals surface area contributed by atoms with E-state index >= 15 is 0 Å². The number of amides is 1. The smallest absolute Gasteiger partial charge is 0.228 e. The van der Waals surface area contributed by atoms with E-state index < -0.39 is 0 Å². The molecule has 1 aliphatic heterocycles. The minimum Gasteiger partial charge on any atom is -0.353 e. The number of hydrogen-bond donors (Lipinski definition) is 2. The number of carbonyl (C=O) groups is 1. The van der Waals surface area contributed by atoms with Gasteiger partial charge in [-0.25, -0.2) is 0 Å². The Morgan fingerprint density at radius 2 is 2.00 bits per heavy atom. The summed E-state index contributed by atoms with van der Waals surface area (Å²) in [6, 6.07) is 0.409. The molecule has 1 amide bonds. The van der Waals surface area contributed by atoms with E-state index in [0.29, 0.717) is 17.9 Å². The molecule has 2 aliphatic rings. The van der Waals surface area contributed by atoms with E-state index in [-0.39, 0.29) is 5.41 Å². The molecule has 1 heterocycles. The molecule has 2 N–H and O–H groups in total. The van der Waals surface area contributed by atoms with Gasteiger partial charge in [0, 0.05) is 17.8 Å².